The van der Waals surface area contributed by atoms with E-state index in [4.69, 9.17) is 0 Å². The van der Waals surface area contributed by atoms with Gasteiger partial charge in [0, 0.05) is 12.4 Å². The zero-order valence-electron chi connectivity index (χ0n) is 6.87. The first kappa shape index (κ1) is 9.70. The van der Waals surface area contributed by atoms with E-state index in [-0.39, 0.29) is 29.9 Å². The second-order valence-electron chi connectivity index (χ2n) is 2.16. The maximum atomic E-state index is 11.0. The summed E-state index contributed by atoms with van der Waals surface area (Å²) in [6, 6.07) is 0. The Labute approximate surface area is 83.6 Å². The van der Waals surface area contributed by atoms with Gasteiger partial charge in [0.25, 0.3) is 11.1 Å². The van der Waals surface area contributed by atoms with Crippen molar-refractivity contribution in [2.24, 2.45) is 0 Å². The molecule has 2 aromatic rings. The summed E-state index contributed by atoms with van der Waals surface area (Å²) in [5.74, 6) is 0. The summed E-state index contributed by atoms with van der Waals surface area (Å²) in [6.45, 7) is 0. The zero-order valence-corrected chi connectivity index (χ0v) is 6.87. The second-order valence-corrected chi connectivity index (χ2v) is 2.16. The van der Waals surface area contributed by atoms with Crippen molar-refractivity contribution in [1.29, 1.82) is 0 Å². The molecule has 2 N–H and O–H groups in total. The van der Waals surface area contributed by atoms with Crippen LogP contribution in [0.2, 0.25) is 0 Å². The number of aromatic nitrogens is 4. The predicted molar refractivity (Wildman–Crippen MR) is 40.8 cm³/mol. The molecule has 0 unspecified atom stereocenters. The topological polar surface area (TPSA) is 91.5 Å². The maximum Gasteiger partial charge on any atom is 1.00 e. The van der Waals surface area contributed by atoms with E-state index in [1.807, 2.05) is 0 Å². The van der Waals surface area contributed by atoms with E-state index in [0.29, 0.717) is 0 Å². The van der Waals surface area contributed by atoms with Crippen LogP contribution < -0.4 is 30.0 Å². The minimum absolute atomic E-state index is 0. The van der Waals surface area contributed by atoms with Crippen molar-refractivity contribution in [3.8, 4) is 0 Å². The largest absolute Gasteiger partial charge is 1.00 e. The molecule has 0 bridgehead atoms. The van der Waals surface area contributed by atoms with Crippen LogP contribution >= 0.6 is 0 Å². The average Bonchev–Trinajstić information content (AvgIpc) is 2.12. The standard InChI is InChI=1S/C6H4N4O2.Li/c11-5-3-4(6(12)10-9-5)8-2-1-7-3;/h1-2H,(H,9,11)(H,10,12);/q;+1. The van der Waals surface area contributed by atoms with Crippen LogP contribution in [0.5, 0.6) is 0 Å². The van der Waals surface area contributed by atoms with E-state index in [1.54, 1.807) is 0 Å². The van der Waals surface area contributed by atoms with E-state index in [9.17, 15) is 9.59 Å². The first-order valence-electron chi connectivity index (χ1n) is 3.21. The van der Waals surface area contributed by atoms with Crippen molar-refractivity contribution < 1.29 is 18.9 Å². The average molecular weight is 171 g/mol. The van der Waals surface area contributed by atoms with Crippen molar-refractivity contribution in [3.05, 3.63) is 33.1 Å². The minimum Gasteiger partial charge on any atom is -0.266 e. The Hall–Kier alpha value is -1.38. The molecule has 0 atom stereocenters. The number of hydrogen-bond donors (Lipinski definition) is 2. The van der Waals surface area contributed by atoms with Crippen LogP contribution in [0.25, 0.3) is 11.0 Å². The van der Waals surface area contributed by atoms with E-state index in [2.05, 4.69) is 20.2 Å². The van der Waals surface area contributed by atoms with Crippen LogP contribution in [0.1, 0.15) is 0 Å². The SMILES string of the molecule is O=c1[nH][nH]c(=O)c2nccnc12.[Li+]. The van der Waals surface area contributed by atoms with Gasteiger partial charge >= 0.3 is 18.9 Å². The Kier molecular flexibility index (Phi) is 2.65. The molecule has 0 amide bonds. The number of aromatic amines is 2. The van der Waals surface area contributed by atoms with E-state index >= 15 is 0 Å². The minimum atomic E-state index is -0.447. The number of fused-ring (bicyclic) bond motifs is 1. The summed E-state index contributed by atoms with van der Waals surface area (Å²) < 4.78 is 0. The smallest absolute Gasteiger partial charge is 0.266 e. The normalized spacial score (nSPS) is 9.54. The van der Waals surface area contributed by atoms with Gasteiger partial charge in [0.05, 0.1) is 0 Å². The van der Waals surface area contributed by atoms with Gasteiger partial charge in [-0.25, -0.2) is 9.97 Å². The van der Waals surface area contributed by atoms with E-state index in [0.717, 1.165) is 0 Å². The Morgan fingerprint density at radius 1 is 0.923 bits per heavy atom. The van der Waals surface area contributed by atoms with Crippen LogP contribution in [0.3, 0.4) is 0 Å². The Morgan fingerprint density at radius 2 is 1.31 bits per heavy atom. The summed E-state index contributed by atoms with van der Waals surface area (Å²) in [5.41, 5.74) is -0.780. The fourth-order valence-corrected chi connectivity index (χ4v) is 0.902. The van der Waals surface area contributed by atoms with Crippen LogP contribution in [-0.2, 0) is 0 Å². The molecule has 2 aromatic heterocycles. The molecule has 0 aromatic carbocycles. The van der Waals surface area contributed by atoms with Gasteiger partial charge in [-0.2, -0.15) is 0 Å². The number of rotatable bonds is 0. The summed E-state index contributed by atoms with van der Waals surface area (Å²) in [4.78, 5) is 29.4. The third-order valence-corrected chi connectivity index (χ3v) is 1.42. The van der Waals surface area contributed by atoms with Crippen LogP contribution in [0.15, 0.2) is 22.0 Å². The Morgan fingerprint density at radius 3 is 1.69 bits per heavy atom. The predicted octanol–water partition coefficient (Wildman–Crippen LogP) is -3.99. The fourth-order valence-electron chi connectivity index (χ4n) is 0.902. The molecule has 7 heteroatoms. The van der Waals surface area contributed by atoms with Crippen molar-refractivity contribution >= 4 is 11.0 Å². The summed E-state index contributed by atoms with van der Waals surface area (Å²) in [7, 11) is 0. The van der Waals surface area contributed by atoms with Crippen molar-refractivity contribution in [1.82, 2.24) is 20.2 Å². The van der Waals surface area contributed by atoms with Gasteiger partial charge in [0.15, 0.2) is 11.0 Å². The van der Waals surface area contributed by atoms with Gasteiger partial charge in [-0.3, -0.25) is 19.8 Å². The molecule has 0 saturated heterocycles. The molecule has 0 radical (unpaired) electrons. The molecule has 2 rings (SSSR count). The van der Waals surface area contributed by atoms with Gasteiger partial charge in [-0.05, 0) is 0 Å². The molecule has 0 aliphatic carbocycles. The number of hydrogen-bond acceptors (Lipinski definition) is 4. The van der Waals surface area contributed by atoms with Gasteiger partial charge in [0.1, 0.15) is 0 Å². The Bertz CT molecular complexity index is 483. The molecule has 0 aliphatic rings. The van der Waals surface area contributed by atoms with Crippen LogP contribution in [-0.4, -0.2) is 20.2 Å². The first-order valence-corrected chi connectivity index (χ1v) is 3.21. The fraction of sp³-hybridized carbons (Fsp3) is 0. The maximum absolute atomic E-state index is 11.0. The van der Waals surface area contributed by atoms with Crippen molar-refractivity contribution in [3.63, 3.8) is 0 Å². The molecule has 2 heterocycles. The third-order valence-electron chi connectivity index (χ3n) is 1.42. The summed E-state index contributed by atoms with van der Waals surface area (Å²) in [5, 5.41) is 4.29. The number of nitrogens with zero attached hydrogens (tertiary/aromatic N) is 2. The summed E-state index contributed by atoms with van der Waals surface area (Å²) >= 11 is 0. The number of H-pyrrole nitrogens is 2. The van der Waals surface area contributed by atoms with Gasteiger partial charge in [0.2, 0.25) is 0 Å². The molecule has 0 aliphatic heterocycles. The Balaban J connectivity index is 0.000000845. The van der Waals surface area contributed by atoms with Crippen LogP contribution in [0, 0.1) is 0 Å². The second kappa shape index (κ2) is 3.56. The monoisotopic (exact) mass is 171 g/mol. The van der Waals surface area contributed by atoms with Gasteiger partial charge in [-0.15, -0.1) is 0 Å². The molecular formula is C6H4LiN4O2+. The third kappa shape index (κ3) is 1.54. The van der Waals surface area contributed by atoms with Crippen molar-refractivity contribution in [2.75, 3.05) is 0 Å². The van der Waals surface area contributed by atoms with Crippen LogP contribution in [0.4, 0.5) is 0 Å². The molecule has 0 saturated carbocycles. The molecule has 13 heavy (non-hydrogen) atoms. The molecular weight excluding hydrogens is 167 g/mol. The molecule has 0 spiro atoms. The van der Waals surface area contributed by atoms with E-state index in [1.165, 1.54) is 12.4 Å². The molecule has 6 nitrogen and oxygen atoms in total. The molecule has 60 valence electrons. The van der Waals surface area contributed by atoms with E-state index < -0.39 is 11.1 Å². The first-order chi connectivity index (χ1) is 5.79. The van der Waals surface area contributed by atoms with Crippen molar-refractivity contribution in [2.45, 2.75) is 0 Å². The zero-order chi connectivity index (χ0) is 8.55. The quantitative estimate of drug-likeness (QED) is 0.395. The summed E-state index contributed by atoms with van der Waals surface area (Å²) in [6.07, 6.45) is 2.72. The molecule has 0 fully saturated rings. The van der Waals surface area contributed by atoms with Gasteiger partial charge < -0.3 is 0 Å². The van der Waals surface area contributed by atoms with Gasteiger partial charge in [-0.1, -0.05) is 0 Å². The number of nitrogens with one attached hydrogen (secondary N) is 2.